The van der Waals surface area contributed by atoms with Gasteiger partial charge in [-0.3, -0.25) is 9.69 Å². The number of carbonyl (C=O) groups is 1. The molecule has 1 N–H and O–H groups in total. The SMILES string of the molecule is CNC(=O)c1ccc(C2CCCCN2Cc2nc(C3CC3)no2)n1C. The van der Waals surface area contributed by atoms with Crippen molar-refractivity contribution < 1.29 is 9.32 Å². The first kappa shape index (κ1) is 16.3. The quantitative estimate of drug-likeness (QED) is 0.902. The van der Waals surface area contributed by atoms with Crippen LogP contribution in [0, 0.1) is 0 Å². The first-order valence-corrected chi connectivity index (χ1v) is 9.11. The highest BCUT2D eigenvalue weighted by Gasteiger charge is 2.31. The zero-order valence-corrected chi connectivity index (χ0v) is 14.9. The first-order valence-electron chi connectivity index (χ1n) is 9.11. The molecule has 1 aliphatic carbocycles. The summed E-state index contributed by atoms with van der Waals surface area (Å²) in [4.78, 5) is 19.0. The smallest absolute Gasteiger partial charge is 0.267 e. The van der Waals surface area contributed by atoms with Gasteiger partial charge in [-0.05, 0) is 44.4 Å². The molecule has 7 nitrogen and oxygen atoms in total. The number of hydrogen-bond acceptors (Lipinski definition) is 5. The second kappa shape index (κ2) is 6.63. The van der Waals surface area contributed by atoms with Gasteiger partial charge in [0.25, 0.3) is 5.91 Å². The fourth-order valence-corrected chi connectivity index (χ4v) is 3.75. The lowest BCUT2D eigenvalue weighted by Crippen LogP contribution is -2.34. The number of aromatic nitrogens is 3. The van der Waals surface area contributed by atoms with E-state index in [0.717, 1.165) is 18.8 Å². The number of nitrogens with zero attached hydrogens (tertiary/aromatic N) is 4. The van der Waals surface area contributed by atoms with Crippen LogP contribution in [0.3, 0.4) is 0 Å². The molecule has 7 heteroatoms. The minimum absolute atomic E-state index is 0.0536. The van der Waals surface area contributed by atoms with E-state index in [0.29, 0.717) is 24.0 Å². The summed E-state index contributed by atoms with van der Waals surface area (Å²) in [6, 6.07) is 4.24. The van der Waals surface area contributed by atoms with Crippen molar-refractivity contribution in [2.45, 2.75) is 50.6 Å². The van der Waals surface area contributed by atoms with E-state index < -0.39 is 0 Å². The minimum atomic E-state index is -0.0536. The van der Waals surface area contributed by atoms with E-state index in [2.05, 4.69) is 26.4 Å². The molecule has 0 aromatic carbocycles. The third kappa shape index (κ3) is 3.20. The minimum Gasteiger partial charge on any atom is -0.354 e. The third-order valence-corrected chi connectivity index (χ3v) is 5.34. The van der Waals surface area contributed by atoms with Crippen molar-refractivity contribution in [3.63, 3.8) is 0 Å². The Labute approximate surface area is 147 Å². The normalized spacial score (nSPS) is 21.4. The van der Waals surface area contributed by atoms with E-state index in [1.807, 2.05) is 17.7 Å². The largest absolute Gasteiger partial charge is 0.354 e. The van der Waals surface area contributed by atoms with Crippen LogP contribution in [0.5, 0.6) is 0 Å². The number of amides is 1. The Hall–Kier alpha value is -2.15. The maximum atomic E-state index is 12.0. The summed E-state index contributed by atoms with van der Waals surface area (Å²) in [7, 11) is 3.62. The van der Waals surface area contributed by atoms with Gasteiger partial charge < -0.3 is 14.4 Å². The van der Waals surface area contributed by atoms with Crippen LogP contribution in [0.25, 0.3) is 0 Å². The molecule has 1 unspecified atom stereocenters. The highest BCUT2D eigenvalue weighted by molar-refractivity contribution is 5.92. The summed E-state index contributed by atoms with van der Waals surface area (Å²) in [5, 5.41) is 6.83. The van der Waals surface area contributed by atoms with Gasteiger partial charge in [0.2, 0.25) is 5.89 Å². The van der Waals surface area contributed by atoms with Gasteiger partial charge in [0.05, 0.1) is 12.6 Å². The van der Waals surface area contributed by atoms with Crippen molar-refractivity contribution in [3.05, 3.63) is 35.2 Å². The number of rotatable bonds is 5. The van der Waals surface area contributed by atoms with E-state index >= 15 is 0 Å². The molecule has 4 rings (SSSR count). The Balaban J connectivity index is 1.54. The zero-order chi connectivity index (χ0) is 17.4. The van der Waals surface area contributed by atoms with Gasteiger partial charge in [0.1, 0.15) is 5.69 Å². The van der Waals surface area contributed by atoms with E-state index in [4.69, 9.17) is 4.52 Å². The number of piperidine rings is 1. The molecule has 2 aliphatic rings. The molecule has 1 atom stereocenters. The molecular weight excluding hydrogens is 318 g/mol. The van der Waals surface area contributed by atoms with E-state index in [1.165, 1.54) is 31.4 Å². The van der Waals surface area contributed by atoms with Crippen LogP contribution in [-0.2, 0) is 13.6 Å². The summed E-state index contributed by atoms with van der Waals surface area (Å²) in [6.45, 7) is 1.68. The molecule has 1 aliphatic heterocycles. The number of hydrogen-bond donors (Lipinski definition) is 1. The second-order valence-electron chi connectivity index (χ2n) is 7.08. The third-order valence-electron chi connectivity index (χ3n) is 5.34. The van der Waals surface area contributed by atoms with Crippen LogP contribution in [0.15, 0.2) is 16.7 Å². The second-order valence-corrected chi connectivity index (χ2v) is 7.08. The fourth-order valence-electron chi connectivity index (χ4n) is 3.75. The van der Waals surface area contributed by atoms with Crippen molar-refractivity contribution in [2.75, 3.05) is 13.6 Å². The molecule has 25 heavy (non-hydrogen) atoms. The zero-order valence-electron chi connectivity index (χ0n) is 14.9. The van der Waals surface area contributed by atoms with E-state index in [9.17, 15) is 4.79 Å². The van der Waals surface area contributed by atoms with Crippen molar-refractivity contribution in [2.24, 2.45) is 7.05 Å². The molecule has 2 aromatic rings. The summed E-state index contributed by atoms with van der Waals surface area (Å²) in [5.41, 5.74) is 1.86. The molecule has 0 bridgehead atoms. The Morgan fingerprint density at radius 3 is 2.92 bits per heavy atom. The highest BCUT2D eigenvalue weighted by Crippen LogP contribution is 2.38. The van der Waals surface area contributed by atoms with Crippen LogP contribution >= 0.6 is 0 Å². The topological polar surface area (TPSA) is 76.2 Å². The molecule has 3 heterocycles. The Kier molecular flexibility index (Phi) is 4.33. The number of carbonyl (C=O) groups excluding carboxylic acids is 1. The number of nitrogens with one attached hydrogen (secondary N) is 1. The van der Waals surface area contributed by atoms with Gasteiger partial charge in [0, 0.05) is 25.7 Å². The molecule has 1 saturated carbocycles. The van der Waals surface area contributed by atoms with Gasteiger partial charge in [-0.25, -0.2) is 0 Å². The Morgan fingerprint density at radius 2 is 2.16 bits per heavy atom. The van der Waals surface area contributed by atoms with E-state index in [1.54, 1.807) is 7.05 Å². The van der Waals surface area contributed by atoms with Gasteiger partial charge in [-0.1, -0.05) is 11.6 Å². The highest BCUT2D eigenvalue weighted by atomic mass is 16.5. The molecule has 134 valence electrons. The van der Waals surface area contributed by atoms with Crippen molar-refractivity contribution in [1.29, 1.82) is 0 Å². The summed E-state index contributed by atoms with van der Waals surface area (Å²) >= 11 is 0. The monoisotopic (exact) mass is 343 g/mol. The van der Waals surface area contributed by atoms with Crippen molar-refractivity contribution in [1.82, 2.24) is 24.9 Å². The maximum absolute atomic E-state index is 12.0. The molecule has 0 radical (unpaired) electrons. The lowest BCUT2D eigenvalue weighted by Gasteiger charge is -2.35. The summed E-state index contributed by atoms with van der Waals surface area (Å²) in [6.07, 6.45) is 5.80. The average Bonchev–Trinajstić information content (AvgIpc) is 3.26. The van der Waals surface area contributed by atoms with Gasteiger partial charge >= 0.3 is 0 Å². The lowest BCUT2D eigenvalue weighted by molar-refractivity contribution is 0.0950. The summed E-state index contributed by atoms with van der Waals surface area (Å²) in [5.74, 6) is 2.03. The molecule has 1 saturated heterocycles. The van der Waals surface area contributed by atoms with Crippen molar-refractivity contribution in [3.8, 4) is 0 Å². The van der Waals surface area contributed by atoms with Gasteiger partial charge in [-0.15, -0.1) is 0 Å². The Bertz CT molecular complexity index is 761. The van der Waals surface area contributed by atoms with Gasteiger partial charge in [0.15, 0.2) is 5.82 Å². The molecule has 1 amide bonds. The predicted molar refractivity (Wildman–Crippen MR) is 92.1 cm³/mol. The predicted octanol–water partition coefficient (Wildman–Crippen LogP) is 2.37. The molecule has 2 aromatic heterocycles. The number of likely N-dealkylation sites (tertiary alicyclic amines) is 1. The van der Waals surface area contributed by atoms with Crippen LogP contribution < -0.4 is 5.32 Å². The lowest BCUT2D eigenvalue weighted by atomic mass is 9.99. The van der Waals surface area contributed by atoms with Crippen molar-refractivity contribution >= 4 is 5.91 Å². The first-order chi connectivity index (χ1) is 12.2. The maximum Gasteiger partial charge on any atom is 0.267 e. The molecule has 0 spiro atoms. The van der Waals surface area contributed by atoms with Crippen LogP contribution in [0.4, 0.5) is 0 Å². The summed E-state index contributed by atoms with van der Waals surface area (Å²) < 4.78 is 7.48. The van der Waals surface area contributed by atoms with E-state index in [-0.39, 0.29) is 11.9 Å². The average molecular weight is 343 g/mol. The molecule has 2 fully saturated rings. The van der Waals surface area contributed by atoms with Crippen LogP contribution in [0.2, 0.25) is 0 Å². The molecular formula is C18H25N5O2. The standard InChI is InChI=1S/C18H25N5O2/c1-19-18(24)15-9-8-13(22(15)2)14-5-3-4-10-23(14)11-16-20-17(21-25-16)12-6-7-12/h8-9,12,14H,3-7,10-11H2,1-2H3,(H,19,24). The fraction of sp³-hybridized carbons (Fsp3) is 0.611. The Morgan fingerprint density at radius 1 is 1.32 bits per heavy atom. The van der Waals surface area contributed by atoms with Crippen LogP contribution in [-0.4, -0.2) is 39.1 Å². The van der Waals surface area contributed by atoms with Gasteiger partial charge in [-0.2, -0.15) is 4.98 Å². The van der Waals surface area contributed by atoms with Crippen LogP contribution in [0.1, 0.15) is 72.0 Å².